The summed E-state index contributed by atoms with van der Waals surface area (Å²) in [5, 5.41) is 13.1. The molecule has 0 aliphatic heterocycles. The van der Waals surface area contributed by atoms with Crippen LogP contribution in [0.15, 0.2) is 60.7 Å². The van der Waals surface area contributed by atoms with E-state index in [1.165, 1.54) is 10.4 Å². The van der Waals surface area contributed by atoms with E-state index in [2.05, 4.69) is 69.3 Å². The quantitative estimate of drug-likeness (QED) is 0.547. The molecule has 3 rings (SSSR count). The fourth-order valence-electron chi connectivity index (χ4n) is 4.87. The van der Waals surface area contributed by atoms with Crippen LogP contribution in [0.2, 0.25) is 5.04 Å². The number of esters is 1. The van der Waals surface area contributed by atoms with Crippen LogP contribution >= 0.6 is 0 Å². The first-order valence-corrected chi connectivity index (χ1v) is 13.2. The second-order valence-corrected chi connectivity index (χ2v) is 13.9. The summed E-state index contributed by atoms with van der Waals surface area (Å²) in [4.78, 5) is 12.5. The lowest BCUT2D eigenvalue weighted by Gasteiger charge is -2.48. The van der Waals surface area contributed by atoms with Gasteiger partial charge in [-0.2, -0.15) is 0 Å². The second kappa shape index (κ2) is 9.68. The average molecular weight is 441 g/mol. The van der Waals surface area contributed by atoms with E-state index in [1.807, 2.05) is 26.0 Å². The van der Waals surface area contributed by atoms with Crippen molar-refractivity contribution in [3.63, 3.8) is 0 Å². The van der Waals surface area contributed by atoms with Gasteiger partial charge in [-0.1, -0.05) is 88.4 Å². The topological polar surface area (TPSA) is 55.8 Å². The molecule has 0 bridgehead atoms. The number of rotatable bonds is 6. The summed E-state index contributed by atoms with van der Waals surface area (Å²) in [6.45, 7) is 10.9. The highest BCUT2D eigenvalue weighted by atomic mass is 28.4. The first-order chi connectivity index (χ1) is 14.7. The molecule has 0 radical (unpaired) electrons. The zero-order valence-electron chi connectivity index (χ0n) is 19.4. The third-order valence-corrected chi connectivity index (χ3v) is 11.7. The van der Waals surface area contributed by atoms with Crippen molar-refractivity contribution in [1.29, 1.82) is 0 Å². The lowest BCUT2D eigenvalue weighted by molar-refractivity contribution is -0.154. The van der Waals surface area contributed by atoms with Crippen molar-refractivity contribution in [1.82, 2.24) is 0 Å². The predicted molar refractivity (Wildman–Crippen MR) is 127 cm³/mol. The molecule has 0 saturated heterocycles. The third kappa shape index (κ3) is 4.79. The molecule has 4 nitrogen and oxygen atoms in total. The van der Waals surface area contributed by atoms with Crippen LogP contribution in [-0.2, 0) is 14.0 Å². The number of hydrogen-bond donors (Lipinski definition) is 1. The normalized spacial score (nSPS) is 24.6. The molecule has 1 fully saturated rings. The van der Waals surface area contributed by atoms with Crippen LogP contribution in [-0.4, -0.2) is 38.2 Å². The number of carbonyl (C=O) groups is 1. The van der Waals surface area contributed by atoms with E-state index in [-0.39, 0.29) is 28.9 Å². The molecule has 1 saturated carbocycles. The van der Waals surface area contributed by atoms with E-state index in [9.17, 15) is 9.90 Å². The van der Waals surface area contributed by atoms with Gasteiger partial charge in [0.25, 0.3) is 8.32 Å². The van der Waals surface area contributed by atoms with Crippen molar-refractivity contribution in [3.8, 4) is 0 Å². The second-order valence-electron chi connectivity index (χ2n) is 9.67. The van der Waals surface area contributed by atoms with Gasteiger partial charge in [-0.15, -0.1) is 0 Å². The largest absolute Gasteiger partial charge is 0.466 e. The SMILES string of the molecule is CCOC(=O)[C@H]1C[C@@H](O)[C@H](C)[C@@H](O[Si](c2ccccc2)(c2ccccc2)C(C)(C)C)C1. The smallest absolute Gasteiger partial charge is 0.309 e. The fourth-order valence-corrected chi connectivity index (χ4v) is 9.65. The Hall–Kier alpha value is -1.95. The van der Waals surface area contributed by atoms with Gasteiger partial charge in [0, 0.05) is 5.92 Å². The predicted octanol–water partition coefficient (Wildman–Crippen LogP) is 3.90. The molecule has 0 amide bonds. The maximum absolute atomic E-state index is 12.5. The molecule has 0 spiro atoms. The zero-order chi connectivity index (χ0) is 22.6. The van der Waals surface area contributed by atoms with Gasteiger partial charge in [-0.25, -0.2) is 0 Å². The van der Waals surface area contributed by atoms with Gasteiger partial charge >= 0.3 is 5.97 Å². The van der Waals surface area contributed by atoms with Gasteiger partial charge in [0.05, 0.1) is 24.7 Å². The molecule has 2 aromatic rings. The van der Waals surface area contributed by atoms with Gasteiger partial charge in [0.1, 0.15) is 0 Å². The Labute approximate surface area is 187 Å². The summed E-state index contributed by atoms with van der Waals surface area (Å²) in [7, 11) is -2.75. The molecule has 168 valence electrons. The van der Waals surface area contributed by atoms with Gasteiger partial charge in [0.15, 0.2) is 0 Å². The molecule has 2 aromatic carbocycles. The summed E-state index contributed by atoms with van der Waals surface area (Å²) >= 11 is 0. The Kier molecular flexibility index (Phi) is 7.40. The van der Waals surface area contributed by atoms with Crippen LogP contribution in [0.25, 0.3) is 0 Å². The summed E-state index contributed by atoms with van der Waals surface area (Å²) in [5.74, 6) is -0.633. The number of hydrogen-bond acceptors (Lipinski definition) is 4. The van der Waals surface area contributed by atoms with E-state index in [0.29, 0.717) is 19.4 Å². The summed E-state index contributed by atoms with van der Waals surface area (Å²) in [5.41, 5.74) is 0. The van der Waals surface area contributed by atoms with Crippen molar-refractivity contribution < 1.29 is 19.1 Å². The van der Waals surface area contributed by atoms with Crippen molar-refractivity contribution in [3.05, 3.63) is 60.7 Å². The molecule has 0 unspecified atom stereocenters. The molecular weight excluding hydrogens is 404 g/mol. The first-order valence-electron chi connectivity index (χ1n) is 11.3. The van der Waals surface area contributed by atoms with E-state index in [4.69, 9.17) is 9.16 Å². The van der Waals surface area contributed by atoms with Crippen LogP contribution in [0.3, 0.4) is 0 Å². The number of aliphatic hydroxyl groups is 1. The van der Waals surface area contributed by atoms with Crippen LogP contribution in [0.1, 0.15) is 47.5 Å². The van der Waals surface area contributed by atoms with Crippen molar-refractivity contribution in [2.45, 2.75) is 64.7 Å². The number of benzene rings is 2. The minimum Gasteiger partial charge on any atom is -0.466 e. The van der Waals surface area contributed by atoms with Crippen molar-refractivity contribution in [2.24, 2.45) is 11.8 Å². The first kappa shape index (κ1) is 23.7. The van der Waals surface area contributed by atoms with Gasteiger partial charge in [-0.05, 0) is 35.2 Å². The Morgan fingerprint density at radius 1 is 1.00 bits per heavy atom. The summed E-state index contributed by atoms with van der Waals surface area (Å²) in [6, 6.07) is 21.0. The molecule has 1 aliphatic carbocycles. The van der Waals surface area contributed by atoms with E-state index in [1.54, 1.807) is 0 Å². The highest BCUT2D eigenvalue weighted by molar-refractivity contribution is 6.99. The Bertz CT molecular complexity index is 807. The fraction of sp³-hybridized carbons (Fsp3) is 0.500. The van der Waals surface area contributed by atoms with Gasteiger partial charge in [0.2, 0.25) is 0 Å². The molecule has 0 aromatic heterocycles. The molecule has 1 aliphatic rings. The van der Waals surface area contributed by atoms with Crippen LogP contribution in [0, 0.1) is 11.8 Å². The minimum atomic E-state index is -2.75. The van der Waals surface area contributed by atoms with Crippen LogP contribution < -0.4 is 10.4 Å². The zero-order valence-corrected chi connectivity index (χ0v) is 20.4. The molecule has 4 atom stereocenters. The minimum absolute atomic E-state index is 0.0627. The summed E-state index contributed by atoms with van der Waals surface area (Å²) in [6.07, 6.45) is 0.179. The highest BCUT2D eigenvalue weighted by Crippen LogP contribution is 2.41. The van der Waals surface area contributed by atoms with E-state index in [0.717, 1.165) is 0 Å². The maximum Gasteiger partial charge on any atom is 0.309 e. The van der Waals surface area contributed by atoms with Gasteiger partial charge < -0.3 is 14.3 Å². The summed E-state index contributed by atoms with van der Waals surface area (Å²) < 4.78 is 12.5. The highest BCUT2D eigenvalue weighted by Gasteiger charge is 2.53. The lowest BCUT2D eigenvalue weighted by Crippen LogP contribution is -2.68. The maximum atomic E-state index is 12.5. The monoisotopic (exact) mass is 440 g/mol. The van der Waals surface area contributed by atoms with E-state index < -0.39 is 14.4 Å². The molecule has 1 N–H and O–H groups in total. The Morgan fingerprint density at radius 2 is 1.52 bits per heavy atom. The molecule has 31 heavy (non-hydrogen) atoms. The van der Waals surface area contributed by atoms with Crippen LogP contribution in [0.4, 0.5) is 0 Å². The van der Waals surface area contributed by atoms with E-state index >= 15 is 0 Å². The van der Waals surface area contributed by atoms with Gasteiger partial charge in [-0.3, -0.25) is 4.79 Å². The number of aliphatic hydroxyl groups excluding tert-OH is 1. The van der Waals surface area contributed by atoms with Crippen molar-refractivity contribution in [2.75, 3.05) is 6.61 Å². The Balaban J connectivity index is 2.09. The number of ether oxygens (including phenoxy) is 1. The lowest BCUT2D eigenvalue weighted by atomic mass is 9.79. The molecule has 5 heteroatoms. The van der Waals surface area contributed by atoms with Crippen LogP contribution in [0.5, 0.6) is 0 Å². The average Bonchev–Trinajstić information content (AvgIpc) is 2.75. The molecule has 0 heterocycles. The number of carbonyl (C=O) groups excluding carboxylic acids is 1. The standard InChI is InChI=1S/C26H36O4Si/c1-6-29-25(28)20-17-23(27)19(2)24(18-20)30-31(26(3,4)5,21-13-9-7-10-14-21)22-15-11-8-12-16-22/h7-16,19-20,23-24,27H,6,17-18H2,1-5H3/t19-,20-,23+,24-/m0/s1. The molecular formula is C26H36O4Si. The van der Waals surface area contributed by atoms with Crippen molar-refractivity contribution >= 4 is 24.7 Å². The Morgan fingerprint density at radius 3 is 1.97 bits per heavy atom. The third-order valence-electron chi connectivity index (χ3n) is 6.60.